The third kappa shape index (κ3) is 4.72. The molecule has 0 unspecified atom stereocenters. The number of amides is 1. The molecule has 2 rings (SSSR count). The molecule has 0 aliphatic carbocycles. The molecule has 7 nitrogen and oxygen atoms in total. The molecular weight excluding hydrogens is 347 g/mol. The zero-order chi connectivity index (χ0) is 20.0. The maximum absolute atomic E-state index is 14.5. The fourth-order valence-corrected chi connectivity index (χ4v) is 2.94. The summed E-state index contributed by atoms with van der Waals surface area (Å²) >= 11 is 0. The molecule has 1 aliphatic heterocycles. The number of carbonyl (C=O) groups is 1. The van der Waals surface area contributed by atoms with Crippen LogP contribution >= 0.6 is 0 Å². The van der Waals surface area contributed by atoms with Crippen molar-refractivity contribution in [2.24, 2.45) is 0 Å². The Morgan fingerprint density at radius 1 is 1.33 bits per heavy atom. The first-order valence-corrected chi connectivity index (χ1v) is 8.60. The number of halogens is 1. The lowest BCUT2D eigenvalue weighted by Gasteiger charge is -2.30. The second-order valence-corrected chi connectivity index (χ2v) is 6.12. The van der Waals surface area contributed by atoms with E-state index in [2.05, 4.69) is 16.0 Å². The molecule has 0 radical (unpaired) electrons. The second-order valence-electron chi connectivity index (χ2n) is 6.12. The van der Waals surface area contributed by atoms with Gasteiger partial charge >= 0.3 is 0 Å². The molecule has 1 amide bonds. The normalized spacial score (nSPS) is 14.7. The van der Waals surface area contributed by atoms with Crippen molar-refractivity contribution in [3.05, 3.63) is 47.0 Å². The predicted octanol–water partition coefficient (Wildman–Crippen LogP) is 2.15. The Kier molecular flexibility index (Phi) is 6.70. The third-order valence-corrected chi connectivity index (χ3v) is 4.40. The van der Waals surface area contributed by atoms with Crippen molar-refractivity contribution in [1.29, 1.82) is 10.8 Å². The van der Waals surface area contributed by atoms with Crippen molar-refractivity contribution < 1.29 is 9.18 Å². The van der Waals surface area contributed by atoms with Gasteiger partial charge in [-0.25, -0.2) is 4.39 Å². The molecule has 27 heavy (non-hydrogen) atoms. The number of allylic oxidation sites excluding steroid dienone is 1. The molecule has 5 N–H and O–H groups in total. The van der Waals surface area contributed by atoms with Crippen LogP contribution in [0.1, 0.15) is 18.9 Å². The molecule has 8 heteroatoms. The third-order valence-electron chi connectivity index (χ3n) is 4.40. The van der Waals surface area contributed by atoms with Crippen LogP contribution in [0.3, 0.4) is 0 Å². The van der Waals surface area contributed by atoms with E-state index in [9.17, 15) is 9.18 Å². The lowest BCUT2D eigenvalue weighted by atomic mass is 10.0. The summed E-state index contributed by atoms with van der Waals surface area (Å²) in [6, 6.07) is 4.52. The molecule has 1 aromatic rings. The van der Waals surface area contributed by atoms with Gasteiger partial charge < -0.3 is 26.3 Å². The highest BCUT2D eigenvalue weighted by Crippen LogP contribution is 2.22. The number of nitrogens with one attached hydrogen (secondary N) is 5. The minimum absolute atomic E-state index is 0.0404. The zero-order valence-corrected chi connectivity index (χ0v) is 15.7. The Hall–Kier alpha value is -3.16. The van der Waals surface area contributed by atoms with E-state index in [4.69, 9.17) is 10.8 Å². The van der Waals surface area contributed by atoms with Crippen molar-refractivity contribution in [2.45, 2.75) is 13.3 Å². The van der Waals surface area contributed by atoms with Crippen molar-refractivity contribution in [3.63, 3.8) is 0 Å². The van der Waals surface area contributed by atoms with Gasteiger partial charge in [0.05, 0.1) is 6.54 Å². The highest BCUT2D eigenvalue weighted by Gasteiger charge is 2.23. The molecular formula is C19H25FN6O. The Morgan fingerprint density at radius 3 is 2.63 bits per heavy atom. The van der Waals surface area contributed by atoms with E-state index >= 15 is 0 Å². The van der Waals surface area contributed by atoms with Gasteiger partial charge in [-0.1, -0.05) is 0 Å². The second kappa shape index (κ2) is 8.98. The Balaban J connectivity index is 2.23. The highest BCUT2D eigenvalue weighted by molar-refractivity contribution is 6.09. The van der Waals surface area contributed by atoms with E-state index in [-0.39, 0.29) is 11.7 Å². The van der Waals surface area contributed by atoms with Crippen LogP contribution in [-0.4, -0.2) is 50.0 Å². The summed E-state index contributed by atoms with van der Waals surface area (Å²) in [7, 11) is 3.47. The SMILES string of the molecule is CN/C=C(\C=N)c1ccc(NC(=N)C2=C(NC)CCN(C(C)=O)C2)cc1F. The van der Waals surface area contributed by atoms with E-state index < -0.39 is 5.82 Å². The maximum atomic E-state index is 14.5. The predicted molar refractivity (Wildman–Crippen MR) is 107 cm³/mol. The summed E-state index contributed by atoms with van der Waals surface area (Å²) in [6.45, 7) is 2.45. The highest BCUT2D eigenvalue weighted by atomic mass is 19.1. The number of carbonyl (C=O) groups excluding carboxylic acids is 1. The number of benzene rings is 1. The lowest BCUT2D eigenvalue weighted by molar-refractivity contribution is -0.128. The summed E-state index contributed by atoms with van der Waals surface area (Å²) < 4.78 is 14.5. The minimum atomic E-state index is -0.491. The standard InChI is InChI=1S/C19H25FN6O/c1-12(27)26-7-6-18(24-3)16(11-26)19(22)25-14-4-5-15(17(20)8-14)13(9-21)10-23-2/h4-5,8-10,21,23-24H,6-7,11H2,1-3H3,(H2,22,25)/b13-10+,21-9?. The number of anilines is 1. The van der Waals surface area contributed by atoms with Gasteiger partial charge in [0.25, 0.3) is 0 Å². The van der Waals surface area contributed by atoms with E-state index in [1.807, 2.05) is 0 Å². The monoisotopic (exact) mass is 372 g/mol. The smallest absolute Gasteiger partial charge is 0.219 e. The number of hydrogen-bond donors (Lipinski definition) is 5. The summed E-state index contributed by atoms with van der Waals surface area (Å²) in [5.74, 6) is -0.411. The molecule has 0 atom stereocenters. The summed E-state index contributed by atoms with van der Waals surface area (Å²) in [5, 5.41) is 24.5. The average molecular weight is 372 g/mol. The van der Waals surface area contributed by atoms with Crippen LogP contribution in [0, 0.1) is 16.6 Å². The fraction of sp³-hybridized carbons (Fsp3) is 0.316. The van der Waals surface area contributed by atoms with E-state index in [1.54, 1.807) is 37.3 Å². The summed E-state index contributed by atoms with van der Waals surface area (Å²) in [4.78, 5) is 13.3. The van der Waals surface area contributed by atoms with Crippen molar-refractivity contribution in [3.8, 4) is 0 Å². The van der Waals surface area contributed by atoms with Crippen LogP contribution in [0.2, 0.25) is 0 Å². The van der Waals surface area contributed by atoms with Gasteiger partial charge in [0.1, 0.15) is 11.7 Å². The molecule has 0 aromatic heterocycles. The van der Waals surface area contributed by atoms with E-state index in [0.29, 0.717) is 41.9 Å². The number of rotatable bonds is 6. The lowest BCUT2D eigenvalue weighted by Crippen LogP contribution is -2.40. The fourth-order valence-electron chi connectivity index (χ4n) is 2.94. The van der Waals surface area contributed by atoms with E-state index in [1.165, 1.54) is 13.0 Å². The maximum Gasteiger partial charge on any atom is 0.219 e. The largest absolute Gasteiger partial charge is 0.393 e. The molecule has 1 aliphatic rings. The average Bonchev–Trinajstić information content (AvgIpc) is 2.66. The van der Waals surface area contributed by atoms with Crippen LogP contribution in [0.5, 0.6) is 0 Å². The molecule has 0 saturated heterocycles. The zero-order valence-electron chi connectivity index (χ0n) is 15.7. The van der Waals surface area contributed by atoms with Gasteiger partial charge in [-0.15, -0.1) is 0 Å². The molecule has 0 spiro atoms. The van der Waals surface area contributed by atoms with Crippen molar-refractivity contribution >= 4 is 29.2 Å². The molecule has 1 aromatic carbocycles. The minimum Gasteiger partial charge on any atom is -0.393 e. The Labute approximate surface area is 158 Å². The van der Waals surface area contributed by atoms with Gasteiger partial charge in [-0.05, 0) is 18.2 Å². The molecule has 144 valence electrons. The Morgan fingerprint density at radius 2 is 2.07 bits per heavy atom. The van der Waals surface area contributed by atoms with Gasteiger partial charge in [0.2, 0.25) is 5.91 Å². The van der Waals surface area contributed by atoms with Crippen LogP contribution in [-0.2, 0) is 4.79 Å². The van der Waals surface area contributed by atoms with Gasteiger partial charge in [-0.3, -0.25) is 10.2 Å². The molecule has 1 heterocycles. The topological polar surface area (TPSA) is 104 Å². The van der Waals surface area contributed by atoms with E-state index in [0.717, 1.165) is 11.9 Å². The first-order valence-electron chi connectivity index (χ1n) is 8.60. The molecule has 0 saturated carbocycles. The van der Waals surface area contributed by atoms with Gasteiger partial charge in [0, 0.05) is 74.5 Å². The molecule has 0 fully saturated rings. The number of amidine groups is 1. The molecule has 0 bridgehead atoms. The van der Waals surface area contributed by atoms with Crippen molar-refractivity contribution in [1.82, 2.24) is 15.5 Å². The van der Waals surface area contributed by atoms with Gasteiger partial charge in [-0.2, -0.15) is 0 Å². The summed E-state index contributed by atoms with van der Waals surface area (Å²) in [5.41, 5.74) is 2.72. The van der Waals surface area contributed by atoms with Crippen LogP contribution in [0.4, 0.5) is 10.1 Å². The van der Waals surface area contributed by atoms with Crippen LogP contribution < -0.4 is 16.0 Å². The number of hydrogen-bond acceptors (Lipinski definition) is 5. The number of nitrogens with zero attached hydrogens (tertiary/aromatic N) is 1. The van der Waals surface area contributed by atoms with Crippen LogP contribution in [0.25, 0.3) is 5.57 Å². The van der Waals surface area contributed by atoms with Gasteiger partial charge in [0.15, 0.2) is 0 Å². The first kappa shape index (κ1) is 20.2. The Bertz CT molecular complexity index is 814. The first-order chi connectivity index (χ1) is 12.9. The summed E-state index contributed by atoms with van der Waals surface area (Å²) in [6.07, 6.45) is 3.26. The van der Waals surface area contributed by atoms with Crippen molar-refractivity contribution in [2.75, 3.05) is 32.5 Å². The quantitative estimate of drug-likeness (QED) is 0.390. The van der Waals surface area contributed by atoms with Crippen LogP contribution in [0.15, 0.2) is 35.7 Å².